The molecule has 0 aliphatic heterocycles. The number of methoxy groups -OCH3 is 2. The van der Waals surface area contributed by atoms with Crippen molar-refractivity contribution in [1.82, 2.24) is 0 Å². The zero-order chi connectivity index (χ0) is 24.2. The van der Waals surface area contributed by atoms with Gasteiger partial charge in [-0.1, -0.05) is 17.7 Å². The minimum Gasteiger partial charge on any atom is -0.497 e. The van der Waals surface area contributed by atoms with Gasteiger partial charge in [0.15, 0.2) is 5.11 Å². The molecule has 0 saturated heterocycles. The van der Waals surface area contributed by atoms with Crippen molar-refractivity contribution in [3.63, 3.8) is 0 Å². The molecule has 3 N–H and O–H groups in total. The van der Waals surface area contributed by atoms with E-state index < -0.39 is 10.0 Å². The number of rotatable bonds is 7. The third kappa shape index (κ3) is 5.94. The van der Waals surface area contributed by atoms with Gasteiger partial charge in [0, 0.05) is 11.8 Å². The Bertz CT molecular complexity index is 1250. The minimum absolute atomic E-state index is 0.153. The summed E-state index contributed by atoms with van der Waals surface area (Å²) in [5, 5.41) is 6.43. The summed E-state index contributed by atoms with van der Waals surface area (Å²) in [7, 11) is -0.595. The molecular formula is C24H27N3O4S2. The molecule has 0 aliphatic rings. The van der Waals surface area contributed by atoms with Crippen LogP contribution in [-0.4, -0.2) is 27.7 Å². The van der Waals surface area contributed by atoms with Crippen LogP contribution in [0.4, 0.5) is 17.1 Å². The summed E-state index contributed by atoms with van der Waals surface area (Å²) in [4.78, 5) is 0.153. The molecule has 0 amide bonds. The SMILES string of the molecule is COc1ccc(OC)c(NC(=S)Nc2ccc(S(=O)(=O)Nc3c(C)cc(C)cc3C)cc2)c1. The lowest BCUT2D eigenvalue weighted by molar-refractivity contribution is 0.405. The highest BCUT2D eigenvalue weighted by atomic mass is 32.2. The van der Waals surface area contributed by atoms with Gasteiger partial charge in [-0.05, 0) is 80.5 Å². The largest absolute Gasteiger partial charge is 0.497 e. The van der Waals surface area contributed by atoms with Gasteiger partial charge < -0.3 is 20.1 Å². The zero-order valence-electron chi connectivity index (χ0n) is 19.1. The second kappa shape index (κ2) is 10.1. The topological polar surface area (TPSA) is 88.7 Å². The summed E-state index contributed by atoms with van der Waals surface area (Å²) in [5.41, 5.74) is 4.70. The van der Waals surface area contributed by atoms with Gasteiger partial charge in [0.25, 0.3) is 10.0 Å². The van der Waals surface area contributed by atoms with Gasteiger partial charge in [-0.3, -0.25) is 4.72 Å². The Morgan fingerprint density at radius 2 is 1.48 bits per heavy atom. The molecule has 0 radical (unpaired) electrons. The molecule has 33 heavy (non-hydrogen) atoms. The second-order valence-corrected chi connectivity index (χ2v) is 9.64. The second-order valence-electron chi connectivity index (χ2n) is 7.55. The number of ether oxygens (including phenoxy) is 2. The van der Waals surface area contributed by atoms with E-state index in [9.17, 15) is 8.42 Å². The zero-order valence-corrected chi connectivity index (χ0v) is 20.8. The predicted molar refractivity (Wildman–Crippen MR) is 137 cm³/mol. The van der Waals surface area contributed by atoms with E-state index in [1.807, 2.05) is 32.9 Å². The van der Waals surface area contributed by atoms with E-state index in [4.69, 9.17) is 21.7 Å². The molecule has 0 atom stereocenters. The van der Waals surface area contributed by atoms with Crippen LogP contribution >= 0.6 is 12.2 Å². The maximum absolute atomic E-state index is 12.9. The molecule has 0 heterocycles. The van der Waals surface area contributed by atoms with Crippen molar-refractivity contribution in [2.75, 3.05) is 29.6 Å². The Labute approximate surface area is 200 Å². The monoisotopic (exact) mass is 485 g/mol. The summed E-state index contributed by atoms with van der Waals surface area (Å²) in [6.07, 6.45) is 0. The fraction of sp³-hybridized carbons (Fsp3) is 0.208. The number of hydrogen-bond acceptors (Lipinski definition) is 5. The van der Waals surface area contributed by atoms with Crippen LogP contribution in [0.3, 0.4) is 0 Å². The maximum Gasteiger partial charge on any atom is 0.261 e. The normalized spacial score (nSPS) is 10.9. The molecular weight excluding hydrogens is 458 g/mol. The Morgan fingerprint density at radius 1 is 0.848 bits per heavy atom. The number of nitrogens with one attached hydrogen (secondary N) is 3. The van der Waals surface area contributed by atoms with E-state index >= 15 is 0 Å². The van der Waals surface area contributed by atoms with Gasteiger partial charge in [0.2, 0.25) is 0 Å². The lowest BCUT2D eigenvalue weighted by atomic mass is 10.1. The first-order chi connectivity index (χ1) is 15.6. The molecule has 9 heteroatoms. The van der Waals surface area contributed by atoms with Gasteiger partial charge in [-0.15, -0.1) is 0 Å². The van der Waals surface area contributed by atoms with Gasteiger partial charge in [-0.25, -0.2) is 8.42 Å². The molecule has 3 aromatic carbocycles. The first kappa shape index (κ1) is 24.3. The number of anilines is 3. The summed E-state index contributed by atoms with van der Waals surface area (Å²) >= 11 is 5.39. The van der Waals surface area contributed by atoms with Crippen molar-refractivity contribution >= 4 is 44.4 Å². The van der Waals surface area contributed by atoms with Crippen LogP contribution < -0.4 is 24.8 Å². The molecule has 0 aliphatic carbocycles. The fourth-order valence-electron chi connectivity index (χ4n) is 3.45. The van der Waals surface area contributed by atoms with Crippen LogP contribution in [0.1, 0.15) is 16.7 Å². The van der Waals surface area contributed by atoms with Crippen LogP contribution in [0, 0.1) is 20.8 Å². The summed E-state index contributed by atoms with van der Waals surface area (Å²) < 4.78 is 39.1. The van der Waals surface area contributed by atoms with Crippen molar-refractivity contribution in [3.05, 3.63) is 71.3 Å². The molecule has 0 aromatic heterocycles. The molecule has 3 rings (SSSR count). The van der Waals surface area contributed by atoms with Crippen molar-refractivity contribution in [2.45, 2.75) is 25.7 Å². The molecule has 174 valence electrons. The Balaban J connectivity index is 1.72. The summed E-state index contributed by atoms with van der Waals surface area (Å²) in [5.74, 6) is 1.26. The standard InChI is InChI=1S/C24H27N3O4S2/c1-15-12-16(2)23(17(3)13-15)27-33(28,29)20-9-6-18(7-10-20)25-24(32)26-21-14-19(30-4)8-11-22(21)31-5/h6-14,27H,1-5H3,(H2,25,26,32). The number of aryl methyl sites for hydroxylation is 3. The third-order valence-electron chi connectivity index (χ3n) is 4.99. The highest BCUT2D eigenvalue weighted by Crippen LogP contribution is 2.29. The van der Waals surface area contributed by atoms with Crippen molar-refractivity contribution < 1.29 is 17.9 Å². The first-order valence-corrected chi connectivity index (χ1v) is 12.0. The van der Waals surface area contributed by atoms with Gasteiger partial charge in [-0.2, -0.15) is 0 Å². The van der Waals surface area contributed by atoms with Crippen LogP contribution in [0.5, 0.6) is 11.5 Å². The molecule has 0 saturated carbocycles. The molecule has 0 spiro atoms. The summed E-state index contributed by atoms with van der Waals surface area (Å²) in [6.45, 7) is 5.75. The van der Waals surface area contributed by atoms with Gasteiger partial charge >= 0.3 is 0 Å². The predicted octanol–water partition coefficient (Wildman–Crippen LogP) is 5.24. The van der Waals surface area contributed by atoms with Crippen molar-refractivity contribution in [3.8, 4) is 11.5 Å². The maximum atomic E-state index is 12.9. The fourth-order valence-corrected chi connectivity index (χ4v) is 4.88. The smallest absolute Gasteiger partial charge is 0.261 e. The van der Waals surface area contributed by atoms with E-state index in [1.54, 1.807) is 44.6 Å². The minimum atomic E-state index is -3.74. The molecule has 0 unspecified atom stereocenters. The van der Waals surface area contributed by atoms with Crippen LogP contribution in [0.25, 0.3) is 0 Å². The number of benzene rings is 3. The molecule has 0 fully saturated rings. The summed E-state index contributed by atoms with van der Waals surface area (Å²) in [6, 6.07) is 15.6. The van der Waals surface area contributed by atoms with E-state index in [2.05, 4.69) is 15.4 Å². The van der Waals surface area contributed by atoms with Gasteiger partial charge in [0.05, 0.1) is 30.5 Å². The van der Waals surface area contributed by atoms with Crippen LogP contribution in [-0.2, 0) is 10.0 Å². The Kier molecular flexibility index (Phi) is 7.45. The van der Waals surface area contributed by atoms with Crippen LogP contribution in [0.2, 0.25) is 0 Å². The quantitative estimate of drug-likeness (QED) is 0.395. The van der Waals surface area contributed by atoms with Crippen molar-refractivity contribution in [2.24, 2.45) is 0 Å². The average Bonchev–Trinajstić information content (AvgIpc) is 2.76. The highest BCUT2D eigenvalue weighted by molar-refractivity contribution is 7.92. The lowest BCUT2D eigenvalue weighted by Gasteiger charge is -2.16. The number of thiocarbonyl (C=S) groups is 1. The number of hydrogen-bond donors (Lipinski definition) is 3. The number of sulfonamides is 1. The molecule has 7 nitrogen and oxygen atoms in total. The van der Waals surface area contributed by atoms with Crippen molar-refractivity contribution in [1.29, 1.82) is 0 Å². The lowest BCUT2D eigenvalue weighted by Crippen LogP contribution is -2.20. The molecule has 0 bridgehead atoms. The Hall–Kier alpha value is -3.30. The van der Waals surface area contributed by atoms with E-state index in [-0.39, 0.29) is 4.90 Å². The van der Waals surface area contributed by atoms with E-state index in [0.29, 0.717) is 33.7 Å². The Morgan fingerprint density at radius 3 is 2.06 bits per heavy atom. The average molecular weight is 486 g/mol. The van der Waals surface area contributed by atoms with Gasteiger partial charge in [0.1, 0.15) is 11.5 Å². The van der Waals surface area contributed by atoms with Crippen LogP contribution in [0.15, 0.2) is 59.5 Å². The molecule has 3 aromatic rings. The van der Waals surface area contributed by atoms with E-state index in [1.165, 1.54) is 12.1 Å². The third-order valence-corrected chi connectivity index (χ3v) is 6.56. The highest BCUT2D eigenvalue weighted by Gasteiger charge is 2.17. The van der Waals surface area contributed by atoms with E-state index in [0.717, 1.165) is 16.7 Å². The first-order valence-electron chi connectivity index (χ1n) is 10.1.